The monoisotopic (exact) mass is 382 g/mol. The summed E-state index contributed by atoms with van der Waals surface area (Å²) in [5.74, 6) is 0.425. The van der Waals surface area contributed by atoms with Crippen LogP contribution in [0.25, 0.3) is 11.5 Å². The van der Waals surface area contributed by atoms with Crippen molar-refractivity contribution in [3.8, 4) is 17.2 Å². The lowest BCUT2D eigenvalue weighted by atomic mass is 10.1. The van der Waals surface area contributed by atoms with Gasteiger partial charge in [-0.25, -0.2) is 4.98 Å². The first-order chi connectivity index (χ1) is 13.3. The first-order valence-electron chi connectivity index (χ1n) is 8.48. The number of hydrogen-bond acceptors (Lipinski definition) is 6. The summed E-state index contributed by atoms with van der Waals surface area (Å²) in [6, 6.07) is 11.6. The minimum Gasteiger partial charge on any atom is -0.487 e. The molecule has 144 valence electrons. The number of ether oxygens (including phenoxy) is 1. The molecule has 0 spiro atoms. The average molecular weight is 382 g/mol. The number of oxazole rings is 1. The molecule has 0 fully saturated rings. The van der Waals surface area contributed by atoms with Crippen LogP contribution in [0.2, 0.25) is 0 Å². The van der Waals surface area contributed by atoms with Gasteiger partial charge in [-0.3, -0.25) is 14.9 Å². The normalized spacial score (nSPS) is 10.6. The maximum absolute atomic E-state index is 11.1. The van der Waals surface area contributed by atoms with Crippen LogP contribution in [-0.2, 0) is 17.8 Å². The van der Waals surface area contributed by atoms with Crippen LogP contribution in [0.15, 0.2) is 46.9 Å². The zero-order chi connectivity index (χ0) is 20.3. The first-order valence-corrected chi connectivity index (χ1v) is 8.48. The van der Waals surface area contributed by atoms with Crippen molar-refractivity contribution in [1.82, 2.24) is 4.98 Å². The number of benzene rings is 2. The van der Waals surface area contributed by atoms with E-state index in [1.807, 2.05) is 0 Å². The van der Waals surface area contributed by atoms with E-state index in [1.165, 1.54) is 6.07 Å². The molecule has 0 atom stereocenters. The maximum Gasteiger partial charge on any atom is 0.307 e. The number of nitrogens with zero attached hydrogens (tertiary/aromatic N) is 2. The number of aryl methyl sites for hydroxylation is 2. The van der Waals surface area contributed by atoms with E-state index in [1.54, 1.807) is 50.2 Å². The SMILES string of the molecule is Cc1ccc(-c2nc(COc3cccc(CC(=O)O)c3)c(C)o2)cc1[N+](=O)[O-]. The van der Waals surface area contributed by atoms with E-state index in [0.717, 1.165) is 0 Å². The Bertz CT molecular complexity index is 1040. The summed E-state index contributed by atoms with van der Waals surface area (Å²) in [6.45, 7) is 3.53. The van der Waals surface area contributed by atoms with E-state index < -0.39 is 10.9 Å². The number of aliphatic carboxylic acids is 1. The predicted octanol–water partition coefficient (Wildman–Crippen LogP) is 4.07. The second-order valence-electron chi connectivity index (χ2n) is 6.29. The Morgan fingerprint density at radius 2 is 2.04 bits per heavy atom. The highest BCUT2D eigenvalue weighted by Gasteiger charge is 2.17. The fourth-order valence-corrected chi connectivity index (χ4v) is 2.70. The summed E-state index contributed by atoms with van der Waals surface area (Å²) in [5.41, 5.74) is 2.26. The molecule has 0 bridgehead atoms. The molecule has 3 rings (SSSR count). The van der Waals surface area contributed by atoms with Gasteiger partial charge < -0.3 is 14.3 Å². The molecule has 0 aliphatic carbocycles. The number of carboxylic acid groups (broad SMARTS) is 1. The molecule has 1 N–H and O–H groups in total. The molecule has 0 radical (unpaired) electrons. The number of carbonyl (C=O) groups is 1. The Kier molecular flexibility index (Phi) is 5.39. The lowest BCUT2D eigenvalue weighted by Crippen LogP contribution is -2.01. The highest BCUT2D eigenvalue weighted by molar-refractivity contribution is 5.70. The highest BCUT2D eigenvalue weighted by Crippen LogP contribution is 2.28. The van der Waals surface area contributed by atoms with Crippen molar-refractivity contribution in [2.45, 2.75) is 26.9 Å². The van der Waals surface area contributed by atoms with E-state index in [2.05, 4.69) is 4.98 Å². The quantitative estimate of drug-likeness (QED) is 0.483. The van der Waals surface area contributed by atoms with Gasteiger partial charge in [0, 0.05) is 17.2 Å². The van der Waals surface area contributed by atoms with Gasteiger partial charge >= 0.3 is 5.97 Å². The smallest absolute Gasteiger partial charge is 0.307 e. The number of carboxylic acids is 1. The Morgan fingerprint density at radius 1 is 1.25 bits per heavy atom. The van der Waals surface area contributed by atoms with E-state index in [9.17, 15) is 14.9 Å². The van der Waals surface area contributed by atoms with Gasteiger partial charge in [0.1, 0.15) is 23.8 Å². The number of nitro benzene ring substituents is 1. The summed E-state index contributed by atoms with van der Waals surface area (Å²) in [4.78, 5) is 25.9. The van der Waals surface area contributed by atoms with Gasteiger partial charge in [-0.1, -0.05) is 18.2 Å². The lowest BCUT2D eigenvalue weighted by molar-refractivity contribution is -0.385. The molecule has 0 aliphatic heterocycles. The summed E-state index contributed by atoms with van der Waals surface area (Å²) in [5, 5.41) is 20.0. The average Bonchev–Trinajstić information content (AvgIpc) is 3.00. The van der Waals surface area contributed by atoms with Crippen LogP contribution < -0.4 is 4.74 Å². The molecule has 3 aromatic rings. The summed E-state index contributed by atoms with van der Waals surface area (Å²) in [6.07, 6.45) is -0.0868. The molecule has 1 heterocycles. The number of aromatic nitrogens is 1. The molecule has 0 saturated carbocycles. The van der Waals surface area contributed by atoms with Crippen molar-refractivity contribution in [3.05, 3.63) is 75.2 Å². The van der Waals surface area contributed by atoms with Crippen LogP contribution in [0.3, 0.4) is 0 Å². The third-order valence-electron chi connectivity index (χ3n) is 4.17. The van der Waals surface area contributed by atoms with Crippen molar-refractivity contribution in [2.24, 2.45) is 0 Å². The summed E-state index contributed by atoms with van der Waals surface area (Å²) >= 11 is 0. The van der Waals surface area contributed by atoms with Gasteiger partial charge in [0.2, 0.25) is 5.89 Å². The molecule has 28 heavy (non-hydrogen) atoms. The summed E-state index contributed by atoms with van der Waals surface area (Å²) < 4.78 is 11.4. The Hall–Kier alpha value is -3.68. The molecule has 0 saturated heterocycles. The van der Waals surface area contributed by atoms with Gasteiger partial charge in [0.25, 0.3) is 5.69 Å². The Labute approximate surface area is 160 Å². The van der Waals surface area contributed by atoms with Crippen molar-refractivity contribution in [1.29, 1.82) is 0 Å². The molecule has 0 aliphatic rings. The Morgan fingerprint density at radius 3 is 2.75 bits per heavy atom. The third-order valence-corrected chi connectivity index (χ3v) is 4.17. The molecular formula is C20H18N2O6. The van der Waals surface area contributed by atoms with Crippen molar-refractivity contribution >= 4 is 11.7 Å². The highest BCUT2D eigenvalue weighted by atomic mass is 16.6. The van der Waals surface area contributed by atoms with Crippen LogP contribution in [0.5, 0.6) is 5.75 Å². The second-order valence-corrected chi connectivity index (χ2v) is 6.29. The van der Waals surface area contributed by atoms with E-state index in [0.29, 0.717) is 33.9 Å². The van der Waals surface area contributed by atoms with E-state index in [4.69, 9.17) is 14.3 Å². The van der Waals surface area contributed by atoms with Crippen molar-refractivity contribution < 1.29 is 24.0 Å². The zero-order valence-corrected chi connectivity index (χ0v) is 15.3. The molecule has 8 heteroatoms. The first kappa shape index (κ1) is 19.1. The minimum atomic E-state index is -0.915. The van der Waals surface area contributed by atoms with E-state index >= 15 is 0 Å². The molecule has 8 nitrogen and oxygen atoms in total. The number of rotatable bonds is 7. The van der Waals surface area contributed by atoms with Gasteiger partial charge in [0.05, 0.1) is 11.3 Å². The fraction of sp³-hybridized carbons (Fsp3) is 0.200. The minimum absolute atomic E-state index is 0.00129. The van der Waals surface area contributed by atoms with Crippen molar-refractivity contribution in [2.75, 3.05) is 0 Å². The number of nitro groups is 1. The molecule has 0 unspecified atom stereocenters. The summed E-state index contributed by atoms with van der Waals surface area (Å²) in [7, 11) is 0. The Balaban J connectivity index is 1.77. The standard InChI is InChI=1S/C20H18N2O6/c1-12-6-7-15(10-18(12)22(25)26)20-21-17(13(2)28-20)11-27-16-5-3-4-14(8-16)9-19(23)24/h3-8,10H,9,11H2,1-2H3,(H,23,24). The maximum atomic E-state index is 11.1. The third kappa shape index (κ3) is 4.35. The second kappa shape index (κ2) is 7.91. The van der Waals surface area contributed by atoms with Gasteiger partial charge in [-0.05, 0) is 37.6 Å². The topological polar surface area (TPSA) is 116 Å². The predicted molar refractivity (Wildman–Crippen MR) is 100 cm³/mol. The van der Waals surface area contributed by atoms with Gasteiger partial charge in [-0.2, -0.15) is 0 Å². The molecule has 1 aromatic heterocycles. The largest absolute Gasteiger partial charge is 0.487 e. The van der Waals surface area contributed by atoms with Crippen LogP contribution in [-0.4, -0.2) is 21.0 Å². The fourth-order valence-electron chi connectivity index (χ4n) is 2.70. The van der Waals surface area contributed by atoms with Gasteiger partial charge in [0.15, 0.2) is 0 Å². The number of hydrogen-bond donors (Lipinski definition) is 1. The van der Waals surface area contributed by atoms with Crippen LogP contribution >= 0.6 is 0 Å². The molecule has 2 aromatic carbocycles. The van der Waals surface area contributed by atoms with Crippen LogP contribution in [0, 0.1) is 24.0 Å². The van der Waals surface area contributed by atoms with E-state index in [-0.39, 0.29) is 24.6 Å². The van der Waals surface area contributed by atoms with Crippen LogP contribution in [0.4, 0.5) is 5.69 Å². The van der Waals surface area contributed by atoms with Crippen LogP contribution in [0.1, 0.15) is 22.6 Å². The van der Waals surface area contributed by atoms with Gasteiger partial charge in [-0.15, -0.1) is 0 Å². The van der Waals surface area contributed by atoms with Crippen molar-refractivity contribution in [3.63, 3.8) is 0 Å². The molecular weight excluding hydrogens is 364 g/mol. The lowest BCUT2D eigenvalue weighted by Gasteiger charge is -2.06. The molecule has 0 amide bonds. The zero-order valence-electron chi connectivity index (χ0n) is 15.3.